The quantitative estimate of drug-likeness (QED) is 0.382. The smallest absolute Gasteiger partial charge is 0.322 e. The number of ether oxygens (including phenoxy) is 2. The molecule has 0 amide bonds. The van der Waals surface area contributed by atoms with Crippen molar-refractivity contribution in [2.45, 2.75) is 13.0 Å². The van der Waals surface area contributed by atoms with E-state index in [1.54, 1.807) is 18.3 Å². The molecule has 1 fully saturated rings. The summed E-state index contributed by atoms with van der Waals surface area (Å²) in [6.45, 7) is 5.28. The molecule has 34 heavy (non-hydrogen) atoms. The fourth-order valence-electron chi connectivity index (χ4n) is 4.05. The molecule has 7 nitrogen and oxygen atoms in total. The zero-order valence-corrected chi connectivity index (χ0v) is 18.8. The Balaban J connectivity index is 1.42. The monoisotopic (exact) mass is 459 g/mol. The van der Waals surface area contributed by atoms with E-state index in [0.29, 0.717) is 17.1 Å². The minimum Gasteiger partial charge on any atom is -0.424 e. The highest BCUT2D eigenvalue weighted by molar-refractivity contribution is 5.76. The predicted molar refractivity (Wildman–Crippen MR) is 127 cm³/mol. The molecule has 1 aliphatic heterocycles. The van der Waals surface area contributed by atoms with Crippen molar-refractivity contribution >= 4 is 0 Å². The molecule has 0 atom stereocenters. The fourth-order valence-corrected chi connectivity index (χ4v) is 4.05. The number of aryl methyl sites for hydroxylation is 1. The minimum absolute atomic E-state index is 0.246. The lowest BCUT2D eigenvalue weighted by Gasteiger charge is -2.26. The summed E-state index contributed by atoms with van der Waals surface area (Å²) in [5.74, 6) is 0.385. The standard InChI is InChI=1S/C26H26FN5O2/c27-21-9-7-20(8-10-21)25-24(29-19-32(25)14-4-13-31-15-17-33-18-16-31)23-11-12-28-26(30-23)34-22-5-2-1-3-6-22/h1-3,5-12,19H,4,13-18H2. The molecule has 1 aliphatic rings. The van der Waals surface area contributed by atoms with Crippen LogP contribution >= 0.6 is 0 Å². The van der Waals surface area contributed by atoms with E-state index in [1.165, 1.54) is 12.1 Å². The van der Waals surface area contributed by atoms with Gasteiger partial charge in [-0.3, -0.25) is 4.90 Å². The van der Waals surface area contributed by atoms with Crippen LogP contribution in [0.25, 0.3) is 22.6 Å². The number of benzene rings is 2. The van der Waals surface area contributed by atoms with Crippen molar-refractivity contribution in [1.29, 1.82) is 0 Å². The lowest BCUT2D eigenvalue weighted by Crippen LogP contribution is -2.37. The number of hydrogen-bond acceptors (Lipinski definition) is 6. The van der Waals surface area contributed by atoms with E-state index in [0.717, 1.165) is 57.1 Å². The first kappa shape index (κ1) is 22.2. The first-order chi connectivity index (χ1) is 16.8. The predicted octanol–water partition coefficient (Wildman–Crippen LogP) is 4.66. The Bertz CT molecular complexity index is 1210. The molecular formula is C26H26FN5O2. The highest BCUT2D eigenvalue weighted by atomic mass is 19.1. The van der Waals surface area contributed by atoms with Crippen LogP contribution in [-0.4, -0.2) is 57.3 Å². The lowest BCUT2D eigenvalue weighted by molar-refractivity contribution is 0.0369. The Hall–Kier alpha value is -3.62. The Labute approximate surface area is 197 Å². The lowest BCUT2D eigenvalue weighted by atomic mass is 10.1. The number of imidazole rings is 1. The Kier molecular flexibility index (Phi) is 6.88. The molecule has 5 rings (SSSR count). The molecule has 2 aromatic heterocycles. The highest BCUT2D eigenvalue weighted by Gasteiger charge is 2.18. The fraction of sp³-hybridized carbons (Fsp3) is 0.269. The van der Waals surface area contributed by atoms with Crippen LogP contribution in [0.15, 0.2) is 73.2 Å². The molecule has 0 saturated carbocycles. The van der Waals surface area contributed by atoms with Crippen molar-refractivity contribution in [1.82, 2.24) is 24.4 Å². The Morgan fingerprint density at radius 2 is 1.71 bits per heavy atom. The van der Waals surface area contributed by atoms with Gasteiger partial charge in [-0.05, 0) is 48.9 Å². The van der Waals surface area contributed by atoms with Gasteiger partial charge in [0.25, 0.3) is 0 Å². The van der Waals surface area contributed by atoms with Gasteiger partial charge in [0.05, 0.1) is 30.9 Å². The third kappa shape index (κ3) is 5.30. The summed E-state index contributed by atoms with van der Waals surface area (Å²) in [7, 11) is 0. The van der Waals surface area contributed by atoms with Gasteiger partial charge in [-0.2, -0.15) is 4.98 Å². The van der Waals surface area contributed by atoms with E-state index in [9.17, 15) is 4.39 Å². The van der Waals surface area contributed by atoms with Crippen molar-refractivity contribution in [2.24, 2.45) is 0 Å². The summed E-state index contributed by atoms with van der Waals surface area (Å²) in [4.78, 5) is 16.0. The topological polar surface area (TPSA) is 65.3 Å². The highest BCUT2D eigenvalue weighted by Crippen LogP contribution is 2.31. The maximum absolute atomic E-state index is 13.6. The molecule has 2 aromatic carbocycles. The SMILES string of the molecule is Fc1ccc(-c2c(-c3ccnc(Oc4ccccc4)n3)ncn2CCCN2CCOCC2)cc1. The summed E-state index contributed by atoms with van der Waals surface area (Å²) in [5, 5.41) is 0. The number of rotatable bonds is 8. The maximum atomic E-state index is 13.6. The van der Waals surface area contributed by atoms with Crippen LogP contribution < -0.4 is 4.74 Å². The summed E-state index contributed by atoms with van der Waals surface area (Å²) in [6, 6.07) is 17.9. The van der Waals surface area contributed by atoms with Gasteiger partial charge in [-0.1, -0.05) is 18.2 Å². The normalized spacial score (nSPS) is 14.3. The van der Waals surface area contributed by atoms with E-state index in [1.807, 2.05) is 42.7 Å². The largest absolute Gasteiger partial charge is 0.424 e. The van der Waals surface area contributed by atoms with E-state index < -0.39 is 0 Å². The number of nitrogens with zero attached hydrogens (tertiary/aromatic N) is 5. The van der Waals surface area contributed by atoms with Crippen LogP contribution in [0.1, 0.15) is 6.42 Å². The van der Waals surface area contributed by atoms with Gasteiger partial charge in [0.15, 0.2) is 0 Å². The number of halogens is 1. The minimum atomic E-state index is -0.274. The summed E-state index contributed by atoms with van der Waals surface area (Å²) < 4.78 is 27.0. The van der Waals surface area contributed by atoms with Crippen LogP contribution in [0.2, 0.25) is 0 Å². The first-order valence-electron chi connectivity index (χ1n) is 11.4. The Morgan fingerprint density at radius 3 is 2.50 bits per heavy atom. The van der Waals surface area contributed by atoms with E-state index in [-0.39, 0.29) is 11.8 Å². The molecule has 0 radical (unpaired) electrons. The van der Waals surface area contributed by atoms with Crippen LogP contribution in [0.4, 0.5) is 4.39 Å². The zero-order chi connectivity index (χ0) is 23.2. The molecule has 0 spiro atoms. The van der Waals surface area contributed by atoms with E-state index in [4.69, 9.17) is 9.47 Å². The third-order valence-corrected chi connectivity index (χ3v) is 5.76. The molecule has 3 heterocycles. The van der Waals surface area contributed by atoms with Crippen LogP contribution in [-0.2, 0) is 11.3 Å². The van der Waals surface area contributed by atoms with E-state index >= 15 is 0 Å². The van der Waals surface area contributed by atoms with Crippen molar-refractivity contribution < 1.29 is 13.9 Å². The van der Waals surface area contributed by atoms with Crippen LogP contribution in [0.5, 0.6) is 11.8 Å². The maximum Gasteiger partial charge on any atom is 0.322 e. The number of aromatic nitrogens is 4. The molecule has 8 heteroatoms. The molecule has 0 N–H and O–H groups in total. The van der Waals surface area contributed by atoms with Gasteiger partial charge in [-0.15, -0.1) is 0 Å². The average molecular weight is 460 g/mol. The molecular weight excluding hydrogens is 433 g/mol. The number of para-hydroxylation sites is 1. The van der Waals surface area contributed by atoms with Gasteiger partial charge in [0.2, 0.25) is 0 Å². The molecule has 0 unspecified atom stereocenters. The number of hydrogen-bond donors (Lipinski definition) is 0. The first-order valence-corrected chi connectivity index (χ1v) is 11.4. The average Bonchev–Trinajstić information content (AvgIpc) is 3.30. The Morgan fingerprint density at radius 1 is 0.912 bits per heavy atom. The molecule has 0 bridgehead atoms. The number of morpholine rings is 1. The zero-order valence-electron chi connectivity index (χ0n) is 18.8. The molecule has 174 valence electrons. The second-order valence-electron chi connectivity index (χ2n) is 8.09. The van der Waals surface area contributed by atoms with Crippen molar-refractivity contribution in [3.8, 4) is 34.4 Å². The summed E-state index contributed by atoms with van der Waals surface area (Å²) >= 11 is 0. The van der Waals surface area contributed by atoms with Crippen molar-refractivity contribution in [3.63, 3.8) is 0 Å². The summed E-state index contributed by atoms with van der Waals surface area (Å²) in [5.41, 5.74) is 3.13. The molecule has 1 saturated heterocycles. The van der Waals surface area contributed by atoms with Crippen molar-refractivity contribution in [3.05, 3.63) is 79.0 Å². The van der Waals surface area contributed by atoms with Gasteiger partial charge in [0.1, 0.15) is 17.3 Å². The van der Waals surface area contributed by atoms with Gasteiger partial charge < -0.3 is 14.0 Å². The van der Waals surface area contributed by atoms with Crippen LogP contribution in [0.3, 0.4) is 0 Å². The summed E-state index contributed by atoms with van der Waals surface area (Å²) in [6.07, 6.45) is 4.45. The van der Waals surface area contributed by atoms with E-state index in [2.05, 4.69) is 24.4 Å². The van der Waals surface area contributed by atoms with Crippen LogP contribution in [0, 0.1) is 5.82 Å². The van der Waals surface area contributed by atoms with Gasteiger partial charge >= 0.3 is 6.01 Å². The third-order valence-electron chi connectivity index (χ3n) is 5.76. The molecule has 4 aromatic rings. The van der Waals surface area contributed by atoms with Gasteiger partial charge in [-0.25, -0.2) is 14.4 Å². The second kappa shape index (κ2) is 10.5. The molecule has 0 aliphatic carbocycles. The second-order valence-corrected chi connectivity index (χ2v) is 8.09. The van der Waals surface area contributed by atoms with Gasteiger partial charge in [0, 0.05) is 37.9 Å². The van der Waals surface area contributed by atoms with Crippen molar-refractivity contribution in [2.75, 3.05) is 32.8 Å².